The van der Waals surface area contributed by atoms with Crippen molar-refractivity contribution in [3.8, 4) is 0 Å². The van der Waals surface area contributed by atoms with Gasteiger partial charge < -0.3 is 9.47 Å². The third-order valence-electron chi connectivity index (χ3n) is 1.07. The minimum Gasteiger partial charge on any atom is -0.334 e. The Hall–Kier alpha value is -0.650. The zero-order valence-corrected chi connectivity index (χ0v) is 5.25. The van der Waals surface area contributed by atoms with E-state index in [1.807, 2.05) is 0 Å². The molecule has 0 aromatic carbocycles. The lowest BCUT2D eigenvalue weighted by molar-refractivity contribution is -0.219. The predicted molar refractivity (Wildman–Crippen MR) is 29.5 cm³/mol. The average Bonchev–Trinajstić information content (AvgIpc) is 2.36. The smallest absolute Gasteiger partial charge is 0.302 e. The molecule has 0 aromatic heterocycles. The fourth-order valence-electron chi connectivity index (χ4n) is 0.484. The van der Waals surface area contributed by atoms with Gasteiger partial charge in [0, 0.05) is 14.2 Å². The Bertz CT molecular complexity index is 121. The van der Waals surface area contributed by atoms with Crippen molar-refractivity contribution in [3.05, 3.63) is 0 Å². The van der Waals surface area contributed by atoms with Crippen LogP contribution < -0.4 is 5.48 Å². The Balaban J connectivity index is 2.57. The lowest BCUT2D eigenvalue weighted by Crippen LogP contribution is -2.45. The van der Waals surface area contributed by atoms with Crippen molar-refractivity contribution < 1.29 is 14.4 Å². The van der Waals surface area contributed by atoms with Crippen LogP contribution in [0.3, 0.4) is 0 Å². The number of rotatable bonds is 2. The van der Waals surface area contributed by atoms with Crippen LogP contribution in [0.25, 0.3) is 0 Å². The highest BCUT2D eigenvalue weighted by Crippen LogP contribution is 2.07. The number of hydrogen-bond donors (Lipinski definition) is 1. The lowest BCUT2D eigenvalue weighted by Gasteiger charge is -2.18. The molecule has 0 aliphatic carbocycles. The first kappa shape index (κ1) is 6.47. The highest BCUT2D eigenvalue weighted by Gasteiger charge is 2.32. The maximum Gasteiger partial charge on any atom is 0.302 e. The maximum absolute atomic E-state index is 4.84. The van der Waals surface area contributed by atoms with E-state index in [1.54, 1.807) is 0 Å². The van der Waals surface area contributed by atoms with Crippen LogP contribution in [0.2, 0.25) is 0 Å². The molecule has 1 N–H and O–H groups in total. The molecule has 0 amide bonds. The molecule has 0 saturated heterocycles. The van der Waals surface area contributed by atoms with E-state index in [1.165, 1.54) is 20.4 Å². The fourth-order valence-corrected chi connectivity index (χ4v) is 0.484. The normalized spacial score (nSPS) is 22.0. The molecule has 1 aliphatic rings. The topological polar surface area (TPSA) is 52.1 Å². The van der Waals surface area contributed by atoms with E-state index in [2.05, 4.69) is 15.6 Å². The van der Waals surface area contributed by atoms with Gasteiger partial charge in [0.25, 0.3) is 0 Å². The zero-order valence-electron chi connectivity index (χ0n) is 5.25. The van der Waals surface area contributed by atoms with Crippen LogP contribution in [0, 0.1) is 0 Å². The Morgan fingerprint density at radius 3 is 2.44 bits per heavy atom. The van der Waals surface area contributed by atoms with Crippen molar-refractivity contribution in [2.24, 2.45) is 5.16 Å². The second-order valence-corrected chi connectivity index (χ2v) is 1.50. The monoisotopic (exact) mass is 132 g/mol. The van der Waals surface area contributed by atoms with Crippen molar-refractivity contribution in [2.45, 2.75) is 5.91 Å². The minimum atomic E-state index is -0.986. The molecule has 0 atom stereocenters. The summed E-state index contributed by atoms with van der Waals surface area (Å²) in [4.78, 5) is 4.41. The molecule has 5 nitrogen and oxygen atoms in total. The summed E-state index contributed by atoms with van der Waals surface area (Å²) in [7, 11) is 2.97. The van der Waals surface area contributed by atoms with Gasteiger partial charge >= 0.3 is 5.91 Å². The van der Waals surface area contributed by atoms with E-state index in [0.29, 0.717) is 0 Å². The van der Waals surface area contributed by atoms with Gasteiger partial charge in [-0.05, 0) is 0 Å². The van der Waals surface area contributed by atoms with E-state index in [-0.39, 0.29) is 0 Å². The third kappa shape index (κ3) is 1.02. The SMILES string of the molecule is COC1(OC)C=NON1. The highest BCUT2D eigenvalue weighted by molar-refractivity contribution is 5.66. The molecule has 0 fully saturated rings. The molecule has 1 heterocycles. The van der Waals surface area contributed by atoms with Gasteiger partial charge in [0.15, 0.2) is 0 Å². The summed E-state index contributed by atoms with van der Waals surface area (Å²) in [6.45, 7) is 0. The van der Waals surface area contributed by atoms with Crippen molar-refractivity contribution in [1.29, 1.82) is 0 Å². The van der Waals surface area contributed by atoms with Crippen LogP contribution in [0.5, 0.6) is 0 Å². The largest absolute Gasteiger partial charge is 0.334 e. The molecule has 0 saturated carbocycles. The molecule has 9 heavy (non-hydrogen) atoms. The Labute approximate surface area is 52.5 Å². The van der Waals surface area contributed by atoms with Gasteiger partial charge in [0.1, 0.15) is 6.21 Å². The number of nitrogens with zero attached hydrogens (tertiary/aromatic N) is 1. The first-order chi connectivity index (χ1) is 4.33. The Morgan fingerprint density at radius 1 is 1.56 bits per heavy atom. The van der Waals surface area contributed by atoms with E-state index in [9.17, 15) is 0 Å². The summed E-state index contributed by atoms with van der Waals surface area (Å²) in [6, 6.07) is 0. The lowest BCUT2D eigenvalue weighted by atomic mass is 10.5. The predicted octanol–water partition coefficient (Wildman–Crippen LogP) is -0.546. The second-order valence-electron chi connectivity index (χ2n) is 1.50. The second kappa shape index (κ2) is 2.30. The summed E-state index contributed by atoms with van der Waals surface area (Å²) in [5, 5.41) is 3.39. The van der Waals surface area contributed by atoms with Crippen LogP contribution in [-0.4, -0.2) is 26.3 Å². The minimum absolute atomic E-state index is 0.986. The van der Waals surface area contributed by atoms with Crippen LogP contribution in [0.1, 0.15) is 0 Å². The van der Waals surface area contributed by atoms with Crippen molar-refractivity contribution in [3.63, 3.8) is 0 Å². The molecule has 0 radical (unpaired) electrons. The first-order valence-corrected chi connectivity index (χ1v) is 2.41. The summed E-state index contributed by atoms with van der Waals surface area (Å²) < 4.78 is 9.68. The van der Waals surface area contributed by atoms with Gasteiger partial charge in [-0.3, -0.25) is 4.94 Å². The van der Waals surface area contributed by atoms with Gasteiger partial charge in [-0.15, -0.1) is 0 Å². The zero-order chi connectivity index (χ0) is 6.74. The third-order valence-corrected chi connectivity index (χ3v) is 1.07. The summed E-state index contributed by atoms with van der Waals surface area (Å²) in [5.41, 5.74) is 2.40. The van der Waals surface area contributed by atoms with Gasteiger partial charge in [0.2, 0.25) is 0 Å². The summed E-state index contributed by atoms with van der Waals surface area (Å²) >= 11 is 0. The van der Waals surface area contributed by atoms with Gasteiger partial charge in [-0.1, -0.05) is 10.6 Å². The van der Waals surface area contributed by atoms with E-state index in [0.717, 1.165) is 0 Å². The van der Waals surface area contributed by atoms with E-state index < -0.39 is 5.91 Å². The quantitative estimate of drug-likeness (QED) is 0.512. The van der Waals surface area contributed by atoms with Crippen LogP contribution in [0.4, 0.5) is 0 Å². The number of nitrogens with one attached hydrogen (secondary N) is 1. The Kier molecular flexibility index (Phi) is 1.65. The maximum atomic E-state index is 4.84. The van der Waals surface area contributed by atoms with Crippen LogP contribution in [0.15, 0.2) is 5.16 Å². The molecular weight excluding hydrogens is 124 g/mol. The molecule has 0 spiro atoms. The number of oxime groups is 1. The molecule has 5 heteroatoms. The standard InChI is InChI=1S/C4H8N2O3/c1-7-4(8-2)3-5-9-6-4/h3,6H,1-2H3. The number of ether oxygens (including phenoxy) is 2. The Morgan fingerprint density at radius 2 is 2.22 bits per heavy atom. The summed E-state index contributed by atoms with van der Waals surface area (Å²) in [6.07, 6.45) is 1.38. The van der Waals surface area contributed by atoms with Gasteiger partial charge in [0.05, 0.1) is 0 Å². The van der Waals surface area contributed by atoms with Crippen molar-refractivity contribution in [2.75, 3.05) is 14.2 Å². The molecule has 1 rings (SSSR count). The molecule has 0 unspecified atom stereocenters. The molecule has 1 aliphatic heterocycles. The number of methoxy groups -OCH3 is 2. The molecule has 52 valence electrons. The number of hydrogen-bond acceptors (Lipinski definition) is 5. The molecule has 0 aromatic rings. The highest BCUT2D eigenvalue weighted by atomic mass is 16.9. The van der Waals surface area contributed by atoms with E-state index >= 15 is 0 Å². The van der Waals surface area contributed by atoms with Crippen LogP contribution >= 0.6 is 0 Å². The molecular formula is C4H8N2O3. The fraction of sp³-hybridized carbons (Fsp3) is 0.750. The van der Waals surface area contributed by atoms with E-state index in [4.69, 9.17) is 9.47 Å². The van der Waals surface area contributed by atoms with Gasteiger partial charge in [-0.2, -0.15) is 0 Å². The molecule has 0 bridgehead atoms. The van der Waals surface area contributed by atoms with Crippen molar-refractivity contribution in [1.82, 2.24) is 5.48 Å². The van der Waals surface area contributed by atoms with Crippen LogP contribution in [-0.2, 0) is 14.4 Å². The number of hydroxylamine groups is 1. The summed E-state index contributed by atoms with van der Waals surface area (Å²) in [5.74, 6) is -0.986. The van der Waals surface area contributed by atoms with Gasteiger partial charge in [-0.25, -0.2) is 0 Å². The average molecular weight is 132 g/mol. The van der Waals surface area contributed by atoms with Crippen molar-refractivity contribution >= 4 is 6.21 Å². The first-order valence-electron chi connectivity index (χ1n) is 2.41.